The summed E-state index contributed by atoms with van der Waals surface area (Å²) in [6, 6.07) is -0.331. The maximum absolute atomic E-state index is 11.9. The zero-order chi connectivity index (χ0) is 15.3. The van der Waals surface area contributed by atoms with Crippen LogP contribution in [0.2, 0.25) is 0 Å². The molecule has 3 aliphatic rings. The van der Waals surface area contributed by atoms with E-state index in [0.717, 1.165) is 6.42 Å². The maximum Gasteiger partial charge on any atom is 0.407 e. The normalized spacial score (nSPS) is 34.9. The lowest BCUT2D eigenvalue weighted by atomic mass is 9.45. The third-order valence-electron chi connectivity index (χ3n) is 4.95. The number of aliphatic carboxylic acids is 1. The molecule has 0 aromatic rings. The number of carboxylic acids is 1. The van der Waals surface area contributed by atoms with Gasteiger partial charge in [-0.25, -0.2) is 4.79 Å². The minimum absolute atomic E-state index is 0.103. The molecule has 4 atom stereocenters. The highest BCUT2D eigenvalue weighted by atomic mass is 16.6. The number of nitrogens with one attached hydrogen (secondary N) is 1. The molecular formula is C15H25NO4. The summed E-state index contributed by atoms with van der Waals surface area (Å²) in [6.45, 7) is 9.71. The summed E-state index contributed by atoms with van der Waals surface area (Å²) < 4.78 is 5.26. The van der Waals surface area contributed by atoms with Gasteiger partial charge in [0.2, 0.25) is 0 Å². The summed E-state index contributed by atoms with van der Waals surface area (Å²) in [6.07, 6.45) is 1.12. The Morgan fingerprint density at radius 1 is 1.25 bits per heavy atom. The highest BCUT2D eigenvalue weighted by Crippen LogP contribution is 2.60. The van der Waals surface area contributed by atoms with E-state index in [9.17, 15) is 14.7 Å². The van der Waals surface area contributed by atoms with Crippen LogP contribution in [0.25, 0.3) is 0 Å². The lowest BCUT2D eigenvalue weighted by Gasteiger charge is -2.61. The summed E-state index contributed by atoms with van der Waals surface area (Å²) >= 11 is 0. The van der Waals surface area contributed by atoms with Gasteiger partial charge in [0.15, 0.2) is 0 Å². The van der Waals surface area contributed by atoms with Gasteiger partial charge in [0.05, 0.1) is 5.92 Å². The van der Waals surface area contributed by atoms with Crippen LogP contribution >= 0.6 is 0 Å². The molecule has 3 saturated carbocycles. The molecule has 2 N–H and O–H groups in total. The van der Waals surface area contributed by atoms with Crippen LogP contribution in [-0.4, -0.2) is 28.8 Å². The summed E-state index contributed by atoms with van der Waals surface area (Å²) in [4.78, 5) is 23.4. The third kappa shape index (κ3) is 2.63. The quantitative estimate of drug-likeness (QED) is 0.817. The van der Waals surface area contributed by atoms with Crippen LogP contribution in [-0.2, 0) is 9.53 Å². The van der Waals surface area contributed by atoms with Gasteiger partial charge >= 0.3 is 12.1 Å². The van der Waals surface area contributed by atoms with Gasteiger partial charge in [0.1, 0.15) is 5.60 Å². The second-order valence-electron chi connectivity index (χ2n) is 7.71. The molecule has 3 fully saturated rings. The van der Waals surface area contributed by atoms with Crippen molar-refractivity contribution in [2.75, 3.05) is 0 Å². The van der Waals surface area contributed by atoms with E-state index < -0.39 is 23.6 Å². The molecule has 2 bridgehead atoms. The first-order valence-corrected chi connectivity index (χ1v) is 7.24. The van der Waals surface area contributed by atoms with Crippen molar-refractivity contribution in [2.45, 2.75) is 59.1 Å². The molecule has 0 aromatic carbocycles. The van der Waals surface area contributed by atoms with E-state index >= 15 is 0 Å². The molecule has 0 aromatic heterocycles. The summed E-state index contributed by atoms with van der Waals surface area (Å²) in [5.41, 5.74) is -0.471. The standard InChI is InChI=1S/C15H25NO4/c1-14(2,3)20-13(19)16-11-9(12(17)18)6-8-7-10(11)15(8,4)5/h8-11H,6-7H2,1-5H3,(H,16,19)(H,17,18). The number of ether oxygens (including phenoxy) is 1. The molecule has 0 spiro atoms. The fourth-order valence-corrected chi connectivity index (χ4v) is 3.70. The first-order valence-electron chi connectivity index (χ1n) is 7.24. The van der Waals surface area contributed by atoms with Crippen molar-refractivity contribution in [3.63, 3.8) is 0 Å². The monoisotopic (exact) mass is 283 g/mol. The number of carboxylic acid groups (broad SMARTS) is 1. The first kappa shape index (κ1) is 15.1. The van der Waals surface area contributed by atoms with E-state index in [2.05, 4.69) is 19.2 Å². The number of carbonyl (C=O) groups excluding carboxylic acids is 1. The summed E-state index contributed by atoms with van der Waals surface area (Å²) in [7, 11) is 0. The molecule has 5 heteroatoms. The number of amides is 1. The van der Waals surface area contributed by atoms with Gasteiger partial charge in [-0.3, -0.25) is 4.79 Å². The zero-order valence-corrected chi connectivity index (χ0v) is 12.9. The molecule has 0 saturated heterocycles. The van der Waals surface area contributed by atoms with Crippen LogP contribution in [0.3, 0.4) is 0 Å². The number of carbonyl (C=O) groups is 2. The van der Waals surface area contributed by atoms with Crippen LogP contribution in [0.1, 0.15) is 47.5 Å². The highest BCUT2D eigenvalue weighted by molar-refractivity contribution is 5.74. The fourth-order valence-electron chi connectivity index (χ4n) is 3.70. The molecule has 0 aliphatic heterocycles. The van der Waals surface area contributed by atoms with Crippen LogP contribution in [0.15, 0.2) is 0 Å². The summed E-state index contributed by atoms with van der Waals surface area (Å²) in [5.74, 6) is -0.657. The van der Waals surface area contributed by atoms with E-state index in [-0.39, 0.29) is 17.4 Å². The Balaban J connectivity index is 2.09. The second kappa shape index (κ2) is 4.64. The predicted molar refractivity (Wildman–Crippen MR) is 74.3 cm³/mol. The largest absolute Gasteiger partial charge is 0.481 e. The van der Waals surface area contributed by atoms with Gasteiger partial charge in [0, 0.05) is 6.04 Å². The Kier molecular flexibility index (Phi) is 3.51. The predicted octanol–water partition coefficient (Wildman–Crippen LogP) is 2.65. The summed E-state index contributed by atoms with van der Waals surface area (Å²) in [5, 5.41) is 12.2. The Bertz CT molecular complexity index is 424. The minimum atomic E-state index is -0.823. The van der Waals surface area contributed by atoms with Crippen LogP contribution in [0, 0.1) is 23.2 Å². The van der Waals surface area contributed by atoms with Gasteiger partial charge in [-0.05, 0) is 50.9 Å². The molecule has 3 aliphatic carbocycles. The van der Waals surface area contributed by atoms with Gasteiger partial charge in [-0.1, -0.05) is 13.8 Å². The Hall–Kier alpha value is -1.26. The lowest BCUT2D eigenvalue weighted by Crippen LogP contribution is -2.65. The van der Waals surface area contributed by atoms with Crippen molar-refractivity contribution < 1.29 is 19.4 Å². The van der Waals surface area contributed by atoms with Crippen molar-refractivity contribution in [3.05, 3.63) is 0 Å². The number of rotatable bonds is 2. The number of hydrogen-bond donors (Lipinski definition) is 2. The van der Waals surface area contributed by atoms with Crippen molar-refractivity contribution in [2.24, 2.45) is 23.2 Å². The second-order valence-corrected chi connectivity index (χ2v) is 7.71. The molecule has 0 radical (unpaired) electrons. The van der Waals surface area contributed by atoms with E-state index in [0.29, 0.717) is 12.3 Å². The van der Waals surface area contributed by atoms with Crippen molar-refractivity contribution in [1.82, 2.24) is 5.32 Å². The topological polar surface area (TPSA) is 75.6 Å². The number of alkyl carbamates (subject to hydrolysis) is 1. The lowest BCUT2D eigenvalue weighted by molar-refractivity contribution is -0.161. The van der Waals surface area contributed by atoms with E-state index in [4.69, 9.17) is 4.74 Å². The maximum atomic E-state index is 11.9. The van der Waals surface area contributed by atoms with Gasteiger partial charge in [-0.15, -0.1) is 0 Å². The van der Waals surface area contributed by atoms with E-state index in [1.54, 1.807) is 20.8 Å². The average molecular weight is 283 g/mol. The van der Waals surface area contributed by atoms with Gasteiger partial charge in [-0.2, -0.15) is 0 Å². The van der Waals surface area contributed by atoms with Crippen LogP contribution in [0.4, 0.5) is 4.79 Å². The highest BCUT2D eigenvalue weighted by Gasteiger charge is 2.59. The Morgan fingerprint density at radius 3 is 2.30 bits per heavy atom. The molecule has 1 amide bonds. The van der Waals surface area contributed by atoms with Crippen LogP contribution in [0.5, 0.6) is 0 Å². The number of fused-ring (bicyclic) bond motifs is 2. The minimum Gasteiger partial charge on any atom is -0.481 e. The first-order chi connectivity index (χ1) is 9.02. The molecule has 3 rings (SSSR count). The molecule has 5 nitrogen and oxygen atoms in total. The van der Waals surface area contributed by atoms with Gasteiger partial charge < -0.3 is 15.2 Å². The van der Waals surface area contributed by atoms with E-state index in [1.165, 1.54) is 0 Å². The van der Waals surface area contributed by atoms with Crippen molar-refractivity contribution in [1.29, 1.82) is 0 Å². The van der Waals surface area contributed by atoms with Gasteiger partial charge in [0.25, 0.3) is 0 Å². The number of hydrogen-bond acceptors (Lipinski definition) is 3. The fraction of sp³-hybridized carbons (Fsp3) is 0.867. The van der Waals surface area contributed by atoms with Crippen molar-refractivity contribution >= 4 is 12.1 Å². The average Bonchev–Trinajstić information content (AvgIpc) is 2.25. The molecular weight excluding hydrogens is 258 g/mol. The SMILES string of the molecule is CC(C)(C)OC(=O)NC1C(C(=O)O)CC2CC1C2(C)C. The van der Waals surface area contributed by atoms with E-state index in [1.807, 2.05) is 0 Å². The zero-order valence-electron chi connectivity index (χ0n) is 12.9. The van der Waals surface area contributed by atoms with Crippen molar-refractivity contribution in [3.8, 4) is 0 Å². The molecule has 0 heterocycles. The third-order valence-corrected chi connectivity index (χ3v) is 4.95. The molecule has 20 heavy (non-hydrogen) atoms. The Morgan fingerprint density at radius 2 is 1.85 bits per heavy atom. The molecule has 4 unspecified atom stereocenters. The van der Waals surface area contributed by atoms with Crippen LogP contribution < -0.4 is 5.32 Å². The molecule has 114 valence electrons. The Labute approximate surface area is 120 Å². The smallest absolute Gasteiger partial charge is 0.407 e.